The Balaban J connectivity index is 1.72. The van der Waals surface area contributed by atoms with Crippen LogP contribution in [0.2, 0.25) is 0 Å². The molecule has 0 saturated carbocycles. The van der Waals surface area contributed by atoms with E-state index in [9.17, 15) is 14.4 Å². The maximum absolute atomic E-state index is 12.0. The summed E-state index contributed by atoms with van der Waals surface area (Å²) in [7, 11) is 0. The number of anilines is 3. The molecule has 2 aromatic rings. The average Bonchev–Trinajstić information content (AvgIpc) is 3.03. The lowest BCUT2D eigenvalue weighted by molar-refractivity contribution is -0.116. The van der Waals surface area contributed by atoms with Crippen LogP contribution in [0.1, 0.15) is 19.0 Å². The van der Waals surface area contributed by atoms with E-state index < -0.39 is 0 Å². The van der Waals surface area contributed by atoms with Gasteiger partial charge in [0.2, 0.25) is 17.7 Å². The second kappa shape index (κ2) is 10.9. The number of nitrogens with one attached hydrogen (secondary N) is 3. The van der Waals surface area contributed by atoms with Crippen molar-refractivity contribution >= 4 is 68.9 Å². The smallest absolute Gasteiger partial charge is 0.234 e. The summed E-state index contributed by atoms with van der Waals surface area (Å²) in [5.74, 6) is 0.674. The molecule has 0 unspecified atom stereocenters. The molecule has 2 rings (SSSR count). The zero-order valence-electron chi connectivity index (χ0n) is 14.6. The van der Waals surface area contributed by atoms with Crippen LogP contribution in [0.3, 0.4) is 0 Å². The van der Waals surface area contributed by atoms with Gasteiger partial charge in [0.1, 0.15) is 0 Å². The lowest BCUT2D eigenvalue weighted by Crippen LogP contribution is -2.14. The molecular weight excluding hydrogens is 408 g/mol. The standard InChI is InChI=1S/C17H19ClN4O3S2/c1-11(23)19-12-2-4-13(5-3-12)20-16(25)10-26-8-14-9-27-17(21-14)22-15(24)6-7-18/h2-5,9H,6-8,10H2,1H3,(H,19,23)(H,20,25)(H,21,22,24). The Hall–Kier alpha value is -2.10. The highest BCUT2D eigenvalue weighted by atomic mass is 35.5. The predicted molar refractivity (Wildman–Crippen MR) is 112 cm³/mol. The molecular formula is C17H19ClN4O3S2. The Morgan fingerprint density at radius 1 is 1.07 bits per heavy atom. The van der Waals surface area contributed by atoms with E-state index in [-0.39, 0.29) is 35.8 Å². The molecule has 3 N–H and O–H groups in total. The third-order valence-electron chi connectivity index (χ3n) is 3.09. The number of benzene rings is 1. The minimum absolute atomic E-state index is 0.127. The van der Waals surface area contributed by atoms with E-state index >= 15 is 0 Å². The van der Waals surface area contributed by atoms with Crippen LogP contribution in [0.25, 0.3) is 0 Å². The summed E-state index contributed by atoms with van der Waals surface area (Å²) in [5.41, 5.74) is 2.14. The van der Waals surface area contributed by atoms with Crippen molar-refractivity contribution < 1.29 is 14.4 Å². The molecule has 1 aromatic heterocycles. The number of amides is 3. The van der Waals surface area contributed by atoms with Crippen LogP contribution in [0.4, 0.5) is 16.5 Å². The number of carbonyl (C=O) groups excluding carboxylic acids is 3. The minimum Gasteiger partial charge on any atom is -0.326 e. The Kier molecular flexibility index (Phi) is 8.56. The van der Waals surface area contributed by atoms with Crippen LogP contribution in [-0.4, -0.2) is 34.3 Å². The largest absolute Gasteiger partial charge is 0.326 e. The van der Waals surface area contributed by atoms with E-state index in [1.54, 1.807) is 24.3 Å². The van der Waals surface area contributed by atoms with Crippen LogP contribution in [0.5, 0.6) is 0 Å². The van der Waals surface area contributed by atoms with Crippen molar-refractivity contribution in [2.24, 2.45) is 0 Å². The van der Waals surface area contributed by atoms with E-state index in [1.165, 1.54) is 30.0 Å². The SMILES string of the molecule is CC(=O)Nc1ccc(NC(=O)CSCc2csc(NC(=O)CCCl)n2)cc1. The van der Waals surface area contributed by atoms with Crippen molar-refractivity contribution in [1.82, 2.24) is 4.98 Å². The van der Waals surface area contributed by atoms with E-state index in [1.807, 2.05) is 5.38 Å². The van der Waals surface area contributed by atoms with Crippen molar-refractivity contribution in [3.05, 3.63) is 35.3 Å². The summed E-state index contributed by atoms with van der Waals surface area (Å²) < 4.78 is 0. The number of nitrogens with zero attached hydrogens (tertiary/aromatic N) is 1. The third-order valence-corrected chi connectivity index (χ3v) is 5.05. The van der Waals surface area contributed by atoms with Crippen molar-refractivity contribution in [1.29, 1.82) is 0 Å². The molecule has 1 aromatic carbocycles. The summed E-state index contributed by atoms with van der Waals surface area (Å²) in [6, 6.07) is 6.90. The van der Waals surface area contributed by atoms with E-state index in [4.69, 9.17) is 11.6 Å². The lowest BCUT2D eigenvalue weighted by atomic mass is 10.3. The highest BCUT2D eigenvalue weighted by molar-refractivity contribution is 7.99. The number of thiazole rings is 1. The van der Waals surface area contributed by atoms with E-state index in [0.29, 0.717) is 22.3 Å². The first-order chi connectivity index (χ1) is 13.0. The molecule has 7 nitrogen and oxygen atoms in total. The molecule has 0 bridgehead atoms. The third kappa shape index (κ3) is 7.98. The lowest BCUT2D eigenvalue weighted by Gasteiger charge is -2.06. The minimum atomic E-state index is -0.164. The fourth-order valence-electron chi connectivity index (χ4n) is 1.98. The fourth-order valence-corrected chi connectivity index (χ4v) is 3.70. The zero-order chi connectivity index (χ0) is 19.6. The molecule has 3 amide bonds. The number of thioether (sulfide) groups is 1. The normalized spacial score (nSPS) is 10.3. The Morgan fingerprint density at radius 3 is 2.37 bits per heavy atom. The molecule has 0 spiro atoms. The Bertz CT molecular complexity index is 796. The summed E-state index contributed by atoms with van der Waals surface area (Å²) in [4.78, 5) is 38.7. The van der Waals surface area contributed by atoms with Gasteiger partial charge in [-0.1, -0.05) is 0 Å². The molecule has 0 aliphatic rings. The van der Waals surface area contributed by atoms with Gasteiger partial charge in [0.25, 0.3) is 0 Å². The highest BCUT2D eigenvalue weighted by Gasteiger charge is 2.08. The second-order valence-corrected chi connectivity index (χ2v) is 7.65. The van der Waals surface area contributed by atoms with Gasteiger partial charge >= 0.3 is 0 Å². The molecule has 0 atom stereocenters. The number of halogens is 1. The van der Waals surface area contributed by atoms with Crippen LogP contribution < -0.4 is 16.0 Å². The molecule has 0 aliphatic carbocycles. The van der Waals surface area contributed by atoms with Crippen LogP contribution >= 0.6 is 34.7 Å². The van der Waals surface area contributed by atoms with Gasteiger partial charge in [-0.05, 0) is 24.3 Å². The van der Waals surface area contributed by atoms with Crippen molar-refractivity contribution in [3.8, 4) is 0 Å². The van der Waals surface area contributed by atoms with Crippen molar-refractivity contribution in [2.45, 2.75) is 19.1 Å². The number of aromatic nitrogens is 1. The van der Waals surface area contributed by atoms with E-state index in [2.05, 4.69) is 20.9 Å². The summed E-state index contributed by atoms with van der Waals surface area (Å²) in [5, 5.41) is 10.5. The number of rotatable bonds is 9. The monoisotopic (exact) mass is 426 g/mol. The second-order valence-electron chi connectivity index (χ2n) is 5.43. The van der Waals surface area contributed by atoms with Gasteiger partial charge in [0.15, 0.2) is 5.13 Å². The number of hydrogen-bond acceptors (Lipinski definition) is 6. The Morgan fingerprint density at radius 2 is 1.74 bits per heavy atom. The topological polar surface area (TPSA) is 100 Å². The first kappa shape index (κ1) is 21.2. The van der Waals surface area contributed by atoms with Gasteiger partial charge in [-0.2, -0.15) is 0 Å². The van der Waals surface area contributed by atoms with Crippen molar-refractivity contribution in [3.63, 3.8) is 0 Å². The zero-order valence-corrected chi connectivity index (χ0v) is 17.0. The van der Waals surface area contributed by atoms with Crippen LogP contribution in [0.15, 0.2) is 29.6 Å². The molecule has 0 saturated heterocycles. The molecule has 0 aliphatic heterocycles. The van der Waals surface area contributed by atoms with Crippen LogP contribution in [-0.2, 0) is 20.1 Å². The fraction of sp³-hybridized carbons (Fsp3) is 0.294. The van der Waals surface area contributed by atoms with Crippen LogP contribution in [0, 0.1) is 0 Å². The van der Waals surface area contributed by atoms with Gasteiger partial charge < -0.3 is 16.0 Å². The highest BCUT2D eigenvalue weighted by Crippen LogP contribution is 2.20. The molecule has 27 heavy (non-hydrogen) atoms. The maximum Gasteiger partial charge on any atom is 0.234 e. The van der Waals surface area contributed by atoms with E-state index in [0.717, 1.165) is 5.69 Å². The number of carbonyl (C=O) groups is 3. The maximum atomic E-state index is 12.0. The van der Waals surface area contributed by atoms with Gasteiger partial charge in [0.05, 0.1) is 11.4 Å². The molecule has 1 heterocycles. The predicted octanol–water partition coefficient (Wildman–Crippen LogP) is 3.54. The van der Waals surface area contributed by atoms with Crippen molar-refractivity contribution in [2.75, 3.05) is 27.6 Å². The summed E-state index contributed by atoms with van der Waals surface area (Å²) in [6.45, 7) is 1.44. The summed E-state index contributed by atoms with van der Waals surface area (Å²) in [6.07, 6.45) is 0.247. The van der Waals surface area contributed by atoms with Gasteiger partial charge in [0, 0.05) is 41.7 Å². The average molecular weight is 427 g/mol. The number of hydrogen-bond donors (Lipinski definition) is 3. The number of alkyl halides is 1. The molecule has 0 radical (unpaired) electrons. The molecule has 10 heteroatoms. The molecule has 0 fully saturated rings. The first-order valence-electron chi connectivity index (χ1n) is 8.01. The van der Waals surface area contributed by atoms with Gasteiger partial charge in [-0.25, -0.2) is 4.98 Å². The van der Waals surface area contributed by atoms with Gasteiger partial charge in [-0.3, -0.25) is 14.4 Å². The summed E-state index contributed by atoms with van der Waals surface area (Å²) >= 11 is 8.29. The quantitative estimate of drug-likeness (QED) is 0.532. The van der Waals surface area contributed by atoms with Gasteiger partial charge in [-0.15, -0.1) is 34.7 Å². The first-order valence-corrected chi connectivity index (χ1v) is 10.6. The Labute approximate surface area is 170 Å². The molecule has 144 valence electrons.